The normalized spacial score (nSPS) is 11.4. The number of fused-ring (bicyclic) bond motifs is 3. The Hall–Kier alpha value is -1.30. The summed E-state index contributed by atoms with van der Waals surface area (Å²) >= 11 is 2.10. The van der Waals surface area contributed by atoms with Gasteiger partial charge in [0.05, 0.1) is 14.6 Å². The van der Waals surface area contributed by atoms with E-state index in [0.717, 1.165) is 31.1 Å². The molecule has 0 radical (unpaired) electrons. The topological polar surface area (TPSA) is 48.6 Å². The van der Waals surface area contributed by atoms with Gasteiger partial charge in [0.1, 0.15) is 0 Å². The minimum Gasteiger partial charge on any atom is -0.364 e. The van der Waals surface area contributed by atoms with E-state index in [0.29, 0.717) is 0 Å². The monoisotopic (exact) mass is 324 g/mol. The van der Waals surface area contributed by atoms with Crippen LogP contribution in [0.3, 0.4) is 0 Å². The highest BCUT2D eigenvalue weighted by atomic mass is 127. The quantitative estimate of drug-likeness (QED) is 0.614. The number of hydrogen-bond donors (Lipinski definition) is 2. The molecule has 0 fully saturated rings. The Kier molecular flexibility index (Phi) is 2.07. The number of rotatable bonds is 0. The molecule has 80 valence electrons. The van der Waals surface area contributed by atoms with E-state index < -0.39 is 0 Å². The number of pyridine rings is 1. The number of H-pyrrole nitrogens is 2. The predicted octanol–water partition coefficient (Wildman–Crippen LogP) is 2.92. The molecule has 0 aliphatic rings. The van der Waals surface area contributed by atoms with Crippen molar-refractivity contribution in [2.75, 3.05) is 0 Å². The lowest BCUT2D eigenvalue weighted by Gasteiger charge is -1.94. The smallest absolute Gasteiger partial charge is 0.194 e. The third kappa shape index (κ3) is 1.22. The van der Waals surface area contributed by atoms with Crippen molar-refractivity contribution in [1.82, 2.24) is 9.97 Å². The zero-order chi connectivity index (χ0) is 11.3. The second-order valence-electron chi connectivity index (χ2n) is 3.82. The fourth-order valence-corrected chi connectivity index (χ4v) is 2.63. The first kappa shape index (κ1) is 9.89. The average Bonchev–Trinajstić information content (AvgIpc) is 2.65. The standard InChI is InChI=1S/C12H9IN2O/c1-6-11-8(4-5-14-6)7-2-3-9(16)10(13)12(7)15-11/h2-5,14-15H,1H3. The highest BCUT2D eigenvalue weighted by Crippen LogP contribution is 2.27. The van der Waals surface area contributed by atoms with Crippen molar-refractivity contribution in [3.8, 4) is 0 Å². The van der Waals surface area contributed by atoms with Gasteiger partial charge in [0.2, 0.25) is 0 Å². The zero-order valence-electron chi connectivity index (χ0n) is 8.60. The van der Waals surface area contributed by atoms with Gasteiger partial charge in [0.25, 0.3) is 0 Å². The predicted molar refractivity (Wildman–Crippen MR) is 73.9 cm³/mol. The molecule has 4 heteroatoms. The summed E-state index contributed by atoms with van der Waals surface area (Å²) in [5.41, 5.74) is 3.16. The Bertz CT molecular complexity index is 755. The summed E-state index contributed by atoms with van der Waals surface area (Å²) in [6.07, 6.45) is 1.92. The molecular formula is C12H9IN2O. The van der Waals surface area contributed by atoms with E-state index in [-0.39, 0.29) is 5.43 Å². The van der Waals surface area contributed by atoms with Gasteiger partial charge in [-0.15, -0.1) is 0 Å². The SMILES string of the molecule is Cc1[nH]ccc2c1[nH]c1c(I)c(=O)ccc12. The molecule has 3 nitrogen and oxygen atoms in total. The molecule has 0 atom stereocenters. The first-order valence-corrected chi connectivity index (χ1v) is 6.04. The van der Waals surface area contributed by atoms with Gasteiger partial charge in [-0.05, 0) is 47.7 Å². The minimum atomic E-state index is 0.0706. The van der Waals surface area contributed by atoms with E-state index in [4.69, 9.17) is 0 Å². The van der Waals surface area contributed by atoms with Crippen LogP contribution in [-0.2, 0) is 0 Å². The van der Waals surface area contributed by atoms with Crippen molar-refractivity contribution in [2.45, 2.75) is 6.92 Å². The number of aromatic nitrogens is 2. The molecule has 0 unspecified atom stereocenters. The van der Waals surface area contributed by atoms with Crippen LogP contribution < -0.4 is 5.43 Å². The lowest BCUT2D eigenvalue weighted by Crippen LogP contribution is -2.01. The summed E-state index contributed by atoms with van der Waals surface area (Å²) in [6.45, 7) is 2.02. The maximum atomic E-state index is 11.6. The Morgan fingerprint density at radius 1 is 1.12 bits per heavy atom. The van der Waals surface area contributed by atoms with Crippen LogP contribution in [-0.4, -0.2) is 9.97 Å². The molecule has 0 aliphatic heterocycles. The van der Waals surface area contributed by atoms with Crippen molar-refractivity contribution in [2.24, 2.45) is 0 Å². The summed E-state index contributed by atoms with van der Waals surface area (Å²) < 4.78 is 0.755. The van der Waals surface area contributed by atoms with Crippen LogP contribution in [0.2, 0.25) is 0 Å². The van der Waals surface area contributed by atoms with Crippen LogP contribution in [0.15, 0.2) is 29.2 Å². The molecule has 0 saturated carbocycles. The first-order chi connectivity index (χ1) is 7.68. The number of halogens is 1. The average molecular weight is 324 g/mol. The maximum Gasteiger partial charge on any atom is 0.194 e. The zero-order valence-corrected chi connectivity index (χ0v) is 10.8. The molecule has 1 aromatic carbocycles. The van der Waals surface area contributed by atoms with Crippen molar-refractivity contribution < 1.29 is 0 Å². The lowest BCUT2D eigenvalue weighted by molar-refractivity contribution is 1.22. The van der Waals surface area contributed by atoms with E-state index in [1.54, 1.807) is 6.07 Å². The van der Waals surface area contributed by atoms with Gasteiger partial charge in [-0.2, -0.15) is 0 Å². The molecule has 0 aliphatic carbocycles. The number of hydrogen-bond acceptors (Lipinski definition) is 1. The molecule has 2 aromatic heterocycles. The van der Waals surface area contributed by atoms with Crippen LogP contribution in [0.25, 0.3) is 21.8 Å². The molecule has 3 aromatic rings. The summed E-state index contributed by atoms with van der Waals surface area (Å²) in [5.74, 6) is 0. The molecule has 2 heterocycles. The highest BCUT2D eigenvalue weighted by Gasteiger charge is 2.09. The van der Waals surface area contributed by atoms with Crippen LogP contribution in [0.5, 0.6) is 0 Å². The van der Waals surface area contributed by atoms with E-state index in [1.807, 2.05) is 25.3 Å². The highest BCUT2D eigenvalue weighted by molar-refractivity contribution is 14.1. The minimum absolute atomic E-state index is 0.0706. The van der Waals surface area contributed by atoms with Gasteiger partial charge < -0.3 is 9.97 Å². The van der Waals surface area contributed by atoms with Crippen LogP contribution in [0.4, 0.5) is 0 Å². The van der Waals surface area contributed by atoms with Crippen LogP contribution in [0, 0.1) is 10.5 Å². The van der Waals surface area contributed by atoms with Gasteiger partial charge in [0.15, 0.2) is 5.43 Å². The van der Waals surface area contributed by atoms with E-state index in [1.165, 1.54) is 0 Å². The molecule has 0 saturated heterocycles. The number of benzene rings is 1. The van der Waals surface area contributed by atoms with Gasteiger partial charge in [-0.1, -0.05) is 0 Å². The number of nitrogens with one attached hydrogen (secondary N) is 2. The van der Waals surface area contributed by atoms with E-state index >= 15 is 0 Å². The van der Waals surface area contributed by atoms with Gasteiger partial charge in [0, 0.05) is 22.7 Å². The Morgan fingerprint density at radius 3 is 2.69 bits per heavy atom. The molecule has 0 amide bonds. The molecule has 2 N–H and O–H groups in total. The summed E-state index contributed by atoms with van der Waals surface area (Å²) in [5, 5.41) is 2.26. The second-order valence-corrected chi connectivity index (χ2v) is 4.90. The second kappa shape index (κ2) is 3.35. The fraction of sp³-hybridized carbons (Fsp3) is 0.0833. The van der Waals surface area contributed by atoms with Gasteiger partial charge in [-0.3, -0.25) is 4.79 Å². The third-order valence-corrected chi connectivity index (χ3v) is 3.91. The Balaban J connectivity index is 2.66. The van der Waals surface area contributed by atoms with Crippen molar-refractivity contribution >= 4 is 44.4 Å². The number of aryl methyl sites for hydroxylation is 1. The summed E-state index contributed by atoms with van der Waals surface area (Å²) in [6, 6.07) is 5.54. The van der Waals surface area contributed by atoms with E-state index in [2.05, 4.69) is 32.6 Å². The fourth-order valence-electron chi connectivity index (χ4n) is 2.02. The molecule has 0 bridgehead atoms. The number of aromatic amines is 2. The third-order valence-electron chi connectivity index (χ3n) is 2.84. The molecule has 16 heavy (non-hydrogen) atoms. The Labute approximate surface area is 105 Å². The lowest BCUT2D eigenvalue weighted by atomic mass is 10.2. The van der Waals surface area contributed by atoms with Crippen molar-refractivity contribution in [1.29, 1.82) is 0 Å². The van der Waals surface area contributed by atoms with Crippen molar-refractivity contribution in [3.05, 3.63) is 43.9 Å². The molecular weight excluding hydrogens is 315 g/mol. The summed E-state index contributed by atoms with van der Waals surface area (Å²) in [4.78, 5) is 18.0. The maximum absolute atomic E-state index is 11.6. The van der Waals surface area contributed by atoms with Crippen LogP contribution >= 0.6 is 22.6 Å². The van der Waals surface area contributed by atoms with Gasteiger partial charge in [-0.25, -0.2) is 0 Å². The van der Waals surface area contributed by atoms with Crippen molar-refractivity contribution in [3.63, 3.8) is 0 Å². The van der Waals surface area contributed by atoms with Crippen LogP contribution in [0.1, 0.15) is 5.69 Å². The van der Waals surface area contributed by atoms with Gasteiger partial charge >= 0.3 is 0 Å². The molecule has 3 rings (SSSR count). The largest absolute Gasteiger partial charge is 0.364 e. The Morgan fingerprint density at radius 2 is 1.88 bits per heavy atom. The first-order valence-electron chi connectivity index (χ1n) is 4.96. The van der Waals surface area contributed by atoms with E-state index in [9.17, 15) is 4.79 Å². The molecule has 0 spiro atoms. The summed E-state index contributed by atoms with van der Waals surface area (Å²) in [7, 11) is 0.